The van der Waals surface area contributed by atoms with Crippen LogP contribution in [0.25, 0.3) is 0 Å². The maximum atomic E-state index is 5.12. The van der Waals surface area contributed by atoms with Gasteiger partial charge in [-0.3, -0.25) is 4.90 Å². The van der Waals surface area contributed by atoms with Crippen molar-refractivity contribution in [2.45, 2.75) is 38.8 Å². The minimum Gasteiger partial charge on any atom is -0.339 e. The quantitative estimate of drug-likeness (QED) is 0.802. The van der Waals surface area contributed by atoms with E-state index in [4.69, 9.17) is 4.52 Å². The molecule has 1 atom stereocenters. The molecule has 0 bridgehead atoms. The van der Waals surface area contributed by atoms with Crippen LogP contribution in [0.3, 0.4) is 0 Å². The van der Waals surface area contributed by atoms with Crippen molar-refractivity contribution >= 4 is 0 Å². The standard InChI is InChI=1S/C11H20N4O/c1-3-11-13-10(14-16-11)8-15-6-4-5-9(15)7-12-2/h9,12H,3-8H2,1-2H3. The predicted molar refractivity (Wildman–Crippen MR) is 61.0 cm³/mol. The average Bonchev–Trinajstić information content (AvgIpc) is 2.90. The number of rotatable bonds is 5. The number of likely N-dealkylation sites (tertiary alicyclic amines) is 1. The Kier molecular flexibility index (Phi) is 3.90. The third-order valence-corrected chi connectivity index (χ3v) is 3.10. The maximum Gasteiger partial charge on any atom is 0.226 e. The zero-order valence-electron chi connectivity index (χ0n) is 10.1. The van der Waals surface area contributed by atoms with Crippen molar-refractivity contribution in [3.63, 3.8) is 0 Å². The van der Waals surface area contributed by atoms with Gasteiger partial charge in [-0.15, -0.1) is 0 Å². The molecule has 0 aromatic carbocycles. The fourth-order valence-corrected chi connectivity index (χ4v) is 2.25. The molecule has 16 heavy (non-hydrogen) atoms. The summed E-state index contributed by atoms with van der Waals surface area (Å²) >= 11 is 0. The molecule has 5 nitrogen and oxygen atoms in total. The molecule has 0 radical (unpaired) electrons. The number of likely N-dealkylation sites (N-methyl/N-ethyl adjacent to an activating group) is 1. The SMILES string of the molecule is CCc1nc(CN2CCCC2CNC)no1. The summed E-state index contributed by atoms with van der Waals surface area (Å²) in [6, 6.07) is 0.619. The second-order valence-electron chi connectivity index (χ2n) is 4.28. The molecule has 0 aliphatic carbocycles. The van der Waals surface area contributed by atoms with Crippen LogP contribution < -0.4 is 5.32 Å². The molecular formula is C11H20N4O. The number of hydrogen-bond donors (Lipinski definition) is 1. The lowest BCUT2D eigenvalue weighted by molar-refractivity contribution is 0.232. The van der Waals surface area contributed by atoms with Crippen LogP contribution in [0, 0.1) is 0 Å². The second-order valence-corrected chi connectivity index (χ2v) is 4.28. The molecule has 90 valence electrons. The molecule has 1 aliphatic rings. The Morgan fingerprint density at radius 1 is 1.56 bits per heavy atom. The van der Waals surface area contributed by atoms with Gasteiger partial charge in [0.15, 0.2) is 5.82 Å². The van der Waals surface area contributed by atoms with Gasteiger partial charge in [0.05, 0.1) is 6.54 Å². The number of aryl methyl sites for hydroxylation is 1. The van der Waals surface area contributed by atoms with Gasteiger partial charge in [0.25, 0.3) is 0 Å². The van der Waals surface area contributed by atoms with Crippen LogP contribution in [0.5, 0.6) is 0 Å². The molecule has 1 N–H and O–H groups in total. The van der Waals surface area contributed by atoms with Crippen molar-refractivity contribution in [1.29, 1.82) is 0 Å². The van der Waals surface area contributed by atoms with Gasteiger partial charge in [0.1, 0.15) is 0 Å². The normalized spacial score (nSPS) is 21.8. The van der Waals surface area contributed by atoms with Crippen LogP contribution >= 0.6 is 0 Å². The largest absolute Gasteiger partial charge is 0.339 e. The Labute approximate surface area is 96.2 Å². The Morgan fingerprint density at radius 3 is 3.12 bits per heavy atom. The number of nitrogens with zero attached hydrogens (tertiary/aromatic N) is 3. The Hall–Kier alpha value is -0.940. The van der Waals surface area contributed by atoms with E-state index in [1.807, 2.05) is 14.0 Å². The summed E-state index contributed by atoms with van der Waals surface area (Å²) in [4.78, 5) is 6.78. The topological polar surface area (TPSA) is 54.2 Å². The summed E-state index contributed by atoms with van der Waals surface area (Å²) in [5.41, 5.74) is 0. The van der Waals surface area contributed by atoms with Gasteiger partial charge >= 0.3 is 0 Å². The van der Waals surface area contributed by atoms with Gasteiger partial charge in [-0.2, -0.15) is 4.98 Å². The van der Waals surface area contributed by atoms with E-state index in [1.165, 1.54) is 12.8 Å². The van der Waals surface area contributed by atoms with Crippen molar-refractivity contribution in [3.8, 4) is 0 Å². The lowest BCUT2D eigenvalue weighted by atomic mass is 10.2. The second kappa shape index (κ2) is 5.41. The zero-order chi connectivity index (χ0) is 11.4. The van der Waals surface area contributed by atoms with Gasteiger partial charge < -0.3 is 9.84 Å². The van der Waals surface area contributed by atoms with E-state index in [0.717, 1.165) is 37.8 Å². The van der Waals surface area contributed by atoms with Gasteiger partial charge in [-0.05, 0) is 26.4 Å². The van der Waals surface area contributed by atoms with Gasteiger partial charge in [-0.25, -0.2) is 0 Å². The van der Waals surface area contributed by atoms with E-state index in [0.29, 0.717) is 6.04 Å². The molecule has 2 heterocycles. The highest BCUT2D eigenvalue weighted by atomic mass is 16.5. The summed E-state index contributed by atoms with van der Waals surface area (Å²) in [6.07, 6.45) is 3.34. The van der Waals surface area contributed by atoms with Crippen LogP contribution in [0.1, 0.15) is 31.5 Å². The van der Waals surface area contributed by atoms with E-state index in [1.54, 1.807) is 0 Å². The van der Waals surface area contributed by atoms with Crippen molar-refractivity contribution in [1.82, 2.24) is 20.4 Å². The van der Waals surface area contributed by atoms with Crippen molar-refractivity contribution in [2.24, 2.45) is 0 Å². The first kappa shape index (κ1) is 11.5. The number of hydrogen-bond acceptors (Lipinski definition) is 5. The lowest BCUT2D eigenvalue weighted by Gasteiger charge is -2.22. The summed E-state index contributed by atoms with van der Waals surface area (Å²) in [7, 11) is 2.00. The van der Waals surface area contributed by atoms with E-state index in [2.05, 4.69) is 20.4 Å². The molecule has 5 heteroatoms. The zero-order valence-corrected chi connectivity index (χ0v) is 10.1. The molecule has 1 aliphatic heterocycles. The molecule has 0 spiro atoms. The van der Waals surface area contributed by atoms with Crippen LogP contribution in [0.15, 0.2) is 4.52 Å². The van der Waals surface area contributed by atoms with E-state index in [-0.39, 0.29) is 0 Å². The first-order valence-corrected chi connectivity index (χ1v) is 6.03. The first-order chi connectivity index (χ1) is 7.83. The summed E-state index contributed by atoms with van der Waals surface area (Å²) < 4.78 is 5.12. The maximum absolute atomic E-state index is 5.12. The van der Waals surface area contributed by atoms with Gasteiger partial charge in [-0.1, -0.05) is 12.1 Å². The number of aromatic nitrogens is 2. The van der Waals surface area contributed by atoms with Crippen LogP contribution in [0.4, 0.5) is 0 Å². The molecule has 1 unspecified atom stereocenters. The highest BCUT2D eigenvalue weighted by molar-refractivity contribution is 4.89. The van der Waals surface area contributed by atoms with Crippen LogP contribution in [-0.2, 0) is 13.0 Å². The fraction of sp³-hybridized carbons (Fsp3) is 0.818. The first-order valence-electron chi connectivity index (χ1n) is 6.03. The molecule has 1 aromatic rings. The number of nitrogens with one attached hydrogen (secondary N) is 1. The van der Waals surface area contributed by atoms with Gasteiger partial charge in [0.2, 0.25) is 5.89 Å². The van der Waals surface area contributed by atoms with Crippen molar-refractivity contribution in [3.05, 3.63) is 11.7 Å². The van der Waals surface area contributed by atoms with E-state index >= 15 is 0 Å². The minimum absolute atomic E-state index is 0.619. The van der Waals surface area contributed by atoms with Crippen molar-refractivity contribution < 1.29 is 4.52 Å². The molecule has 1 fully saturated rings. The molecule has 0 saturated carbocycles. The molecule has 2 rings (SSSR count). The summed E-state index contributed by atoms with van der Waals surface area (Å²) in [5, 5.41) is 7.23. The molecule has 1 saturated heterocycles. The Morgan fingerprint density at radius 2 is 2.44 bits per heavy atom. The summed E-state index contributed by atoms with van der Waals surface area (Å²) in [5.74, 6) is 1.55. The molecular weight excluding hydrogens is 204 g/mol. The third-order valence-electron chi connectivity index (χ3n) is 3.10. The van der Waals surface area contributed by atoms with Crippen LogP contribution in [0.2, 0.25) is 0 Å². The van der Waals surface area contributed by atoms with Crippen LogP contribution in [-0.4, -0.2) is 41.2 Å². The van der Waals surface area contributed by atoms with E-state index in [9.17, 15) is 0 Å². The Balaban J connectivity index is 1.92. The fourth-order valence-electron chi connectivity index (χ4n) is 2.25. The highest BCUT2D eigenvalue weighted by Gasteiger charge is 2.25. The van der Waals surface area contributed by atoms with Crippen molar-refractivity contribution in [2.75, 3.05) is 20.1 Å². The predicted octanol–water partition coefficient (Wildman–Crippen LogP) is 0.816. The Bertz CT molecular complexity index is 326. The summed E-state index contributed by atoms with van der Waals surface area (Å²) in [6.45, 7) is 5.02. The van der Waals surface area contributed by atoms with E-state index < -0.39 is 0 Å². The monoisotopic (exact) mass is 224 g/mol. The lowest BCUT2D eigenvalue weighted by Crippen LogP contribution is -2.36. The highest BCUT2D eigenvalue weighted by Crippen LogP contribution is 2.18. The molecule has 1 aromatic heterocycles. The minimum atomic E-state index is 0.619. The van der Waals surface area contributed by atoms with Gasteiger partial charge in [0, 0.05) is 19.0 Å². The smallest absolute Gasteiger partial charge is 0.226 e. The third kappa shape index (κ3) is 2.59. The average molecular weight is 224 g/mol. The molecule has 0 amide bonds.